The molecule has 1 aromatic carbocycles. The lowest BCUT2D eigenvalue weighted by atomic mass is 10.2. The van der Waals surface area contributed by atoms with Gasteiger partial charge in [-0.2, -0.15) is 5.26 Å². The molecule has 0 saturated heterocycles. The fourth-order valence-corrected chi connectivity index (χ4v) is 2.19. The van der Waals surface area contributed by atoms with Gasteiger partial charge in [-0.3, -0.25) is 4.79 Å². The summed E-state index contributed by atoms with van der Waals surface area (Å²) in [7, 11) is 0. The van der Waals surface area contributed by atoms with E-state index in [2.05, 4.69) is 16.7 Å². The number of carbonyl (C=O) groups excluding carboxylic acids is 1. The molecular formula is C14H13N3OS. The Morgan fingerprint density at radius 1 is 1.32 bits per heavy atom. The number of thiophene rings is 1. The number of nitrogens with one attached hydrogen (secondary N) is 2. The van der Waals surface area contributed by atoms with E-state index in [1.54, 1.807) is 29.5 Å². The van der Waals surface area contributed by atoms with Gasteiger partial charge in [0.15, 0.2) is 0 Å². The van der Waals surface area contributed by atoms with Crippen LogP contribution in [0.4, 0.5) is 5.69 Å². The Balaban J connectivity index is 1.78. The Bertz CT molecular complexity index is 587. The van der Waals surface area contributed by atoms with Gasteiger partial charge in [0.25, 0.3) is 0 Å². The van der Waals surface area contributed by atoms with Gasteiger partial charge in [0, 0.05) is 10.6 Å². The van der Waals surface area contributed by atoms with Crippen molar-refractivity contribution in [3.05, 3.63) is 52.2 Å². The summed E-state index contributed by atoms with van der Waals surface area (Å²) < 4.78 is 0. The van der Waals surface area contributed by atoms with Gasteiger partial charge in [-0.25, -0.2) is 0 Å². The molecule has 0 aliphatic rings. The second-order valence-electron chi connectivity index (χ2n) is 3.90. The van der Waals surface area contributed by atoms with Crippen LogP contribution in [0.5, 0.6) is 0 Å². The van der Waals surface area contributed by atoms with Crippen LogP contribution in [-0.2, 0) is 11.3 Å². The molecule has 1 amide bonds. The van der Waals surface area contributed by atoms with Crippen molar-refractivity contribution in [1.82, 2.24) is 5.32 Å². The molecule has 0 aliphatic heterocycles. The number of benzene rings is 1. The minimum absolute atomic E-state index is 0.0734. The lowest BCUT2D eigenvalue weighted by Crippen LogP contribution is -2.29. The van der Waals surface area contributed by atoms with Gasteiger partial charge >= 0.3 is 0 Å². The lowest BCUT2D eigenvalue weighted by molar-refractivity contribution is -0.119. The quantitative estimate of drug-likeness (QED) is 0.877. The molecule has 0 bridgehead atoms. The van der Waals surface area contributed by atoms with Crippen molar-refractivity contribution in [3.8, 4) is 6.07 Å². The molecule has 19 heavy (non-hydrogen) atoms. The van der Waals surface area contributed by atoms with E-state index in [9.17, 15) is 4.79 Å². The highest BCUT2D eigenvalue weighted by Gasteiger charge is 2.02. The summed E-state index contributed by atoms with van der Waals surface area (Å²) in [5.41, 5.74) is 1.34. The zero-order valence-corrected chi connectivity index (χ0v) is 11.0. The van der Waals surface area contributed by atoms with Crippen LogP contribution in [0.15, 0.2) is 41.8 Å². The van der Waals surface area contributed by atoms with Crippen molar-refractivity contribution in [2.45, 2.75) is 6.54 Å². The van der Waals surface area contributed by atoms with Gasteiger partial charge < -0.3 is 10.6 Å². The fraction of sp³-hybridized carbons (Fsp3) is 0.143. The summed E-state index contributed by atoms with van der Waals surface area (Å²) in [6.45, 7) is 0.747. The van der Waals surface area contributed by atoms with E-state index in [1.807, 2.05) is 23.6 Å². The van der Waals surface area contributed by atoms with Crippen LogP contribution in [0.25, 0.3) is 0 Å². The van der Waals surface area contributed by atoms with Crippen molar-refractivity contribution in [2.75, 3.05) is 11.9 Å². The average molecular weight is 271 g/mol. The second-order valence-corrected chi connectivity index (χ2v) is 4.93. The first-order valence-corrected chi connectivity index (χ1v) is 6.69. The first-order chi connectivity index (χ1) is 9.28. The molecular weight excluding hydrogens is 258 g/mol. The van der Waals surface area contributed by atoms with Crippen LogP contribution >= 0.6 is 11.3 Å². The lowest BCUT2D eigenvalue weighted by Gasteiger charge is -2.07. The minimum atomic E-state index is -0.0734. The summed E-state index contributed by atoms with van der Waals surface area (Å²) in [4.78, 5) is 12.8. The Morgan fingerprint density at radius 2 is 2.21 bits per heavy atom. The van der Waals surface area contributed by atoms with Crippen molar-refractivity contribution < 1.29 is 4.79 Å². The molecule has 0 aliphatic carbocycles. The van der Waals surface area contributed by atoms with Crippen LogP contribution in [-0.4, -0.2) is 12.5 Å². The third-order valence-corrected chi connectivity index (χ3v) is 3.36. The largest absolute Gasteiger partial charge is 0.376 e. The molecule has 1 aromatic heterocycles. The Morgan fingerprint density at radius 3 is 2.95 bits per heavy atom. The fourth-order valence-electron chi connectivity index (χ4n) is 1.54. The number of carbonyl (C=O) groups is 1. The van der Waals surface area contributed by atoms with Gasteiger partial charge in [-0.15, -0.1) is 11.3 Å². The van der Waals surface area contributed by atoms with Crippen LogP contribution in [0.3, 0.4) is 0 Å². The highest BCUT2D eigenvalue weighted by molar-refractivity contribution is 7.09. The number of hydrogen-bond acceptors (Lipinski definition) is 4. The van der Waals surface area contributed by atoms with Crippen molar-refractivity contribution in [2.24, 2.45) is 0 Å². The summed E-state index contributed by atoms with van der Waals surface area (Å²) >= 11 is 1.61. The number of hydrogen-bond donors (Lipinski definition) is 2. The predicted octanol–water partition coefficient (Wildman–Crippen LogP) is 2.35. The molecule has 0 atom stereocenters. The highest BCUT2D eigenvalue weighted by atomic mass is 32.1. The SMILES string of the molecule is N#Cc1cccc(NCC(=O)NCc2cccs2)c1. The predicted molar refractivity (Wildman–Crippen MR) is 75.8 cm³/mol. The Hall–Kier alpha value is -2.32. The van der Waals surface area contributed by atoms with E-state index in [-0.39, 0.29) is 12.5 Å². The average Bonchev–Trinajstić information content (AvgIpc) is 2.96. The number of nitriles is 1. The van der Waals surface area contributed by atoms with E-state index >= 15 is 0 Å². The molecule has 0 saturated carbocycles. The smallest absolute Gasteiger partial charge is 0.239 e. The van der Waals surface area contributed by atoms with Gasteiger partial charge in [0.2, 0.25) is 5.91 Å². The molecule has 4 nitrogen and oxygen atoms in total. The van der Waals surface area contributed by atoms with Gasteiger partial charge in [-0.1, -0.05) is 12.1 Å². The van der Waals surface area contributed by atoms with Crippen molar-refractivity contribution in [1.29, 1.82) is 5.26 Å². The summed E-state index contributed by atoms with van der Waals surface area (Å²) in [5.74, 6) is -0.0734. The monoisotopic (exact) mass is 271 g/mol. The molecule has 0 fully saturated rings. The topological polar surface area (TPSA) is 64.9 Å². The van der Waals surface area contributed by atoms with Crippen LogP contribution in [0, 0.1) is 11.3 Å². The molecule has 0 spiro atoms. The van der Waals surface area contributed by atoms with Crippen LogP contribution < -0.4 is 10.6 Å². The van der Waals surface area contributed by atoms with Crippen LogP contribution in [0.1, 0.15) is 10.4 Å². The molecule has 2 rings (SSSR count). The molecule has 5 heteroatoms. The van der Waals surface area contributed by atoms with E-state index in [0.29, 0.717) is 12.1 Å². The third kappa shape index (κ3) is 4.12. The first-order valence-electron chi connectivity index (χ1n) is 5.81. The summed E-state index contributed by atoms with van der Waals surface area (Å²) in [6, 6.07) is 13.0. The number of anilines is 1. The Labute approximate surface area is 115 Å². The number of amides is 1. The molecule has 0 unspecified atom stereocenters. The van der Waals surface area contributed by atoms with E-state index in [4.69, 9.17) is 5.26 Å². The minimum Gasteiger partial charge on any atom is -0.376 e. The molecule has 2 N–H and O–H groups in total. The normalized spacial score (nSPS) is 9.63. The van der Waals surface area contributed by atoms with Gasteiger partial charge in [0.1, 0.15) is 0 Å². The molecule has 96 valence electrons. The van der Waals surface area contributed by atoms with E-state index in [1.165, 1.54) is 0 Å². The third-order valence-electron chi connectivity index (χ3n) is 2.48. The maximum absolute atomic E-state index is 11.6. The van der Waals surface area contributed by atoms with Gasteiger partial charge in [-0.05, 0) is 29.6 Å². The Kier molecular flexibility index (Phi) is 4.54. The van der Waals surface area contributed by atoms with Crippen molar-refractivity contribution >= 4 is 22.9 Å². The number of rotatable bonds is 5. The maximum atomic E-state index is 11.6. The van der Waals surface area contributed by atoms with E-state index < -0.39 is 0 Å². The standard InChI is InChI=1S/C14H13N3OS/c15-8-11-3-1-4-12(7-11)16-10-14(18)17-9-13-5-2-6-19-13/h1-7,16H,9-10H2,(H,17,18). The zero-order chi connectivity index (χ0) is 13.5. The van der Waals surface area contributed by atoms with Crippen molar-refractivity contribution in [3.63, 3.8) is 0 Å². The maximum Gasteiger partial charge on any atom is 0.239 e. The zero-order valence-electron chi connectivity index (χ0n) is 10.2. The van der Waals surface area contributed by atoms with Gasteiger partial charge in [0.05, 0.1) is 24.7 Å². The highest BCUT2D eigenvalue weighted by Crippen LogP contribution is 2.09. The molecule has 1 heterocycles. The van der Waals surface area contributed by atoms with E-state index in [0.717, 1.165) is 10.6 Å². The summed E-state index contributed by atoms with van der Waals surface area (Å²) in [5, 5.41) is 16.6. The molecule has 0 radical (unpaired) electrons. The van der Waals surface area contributed by atoms with Crippen LogP contribution in [0.2, 0.25) is 0 Å². The first kappa shape index (κ1) is 13.1. The summed E-state index contributed by atoms with van der Waals surface area (Å²) in [6.07, 6.45) is 0. The number of nitrogens with zero attached hydrogens (tertiary/aromatic N) is 1. The molecule has 2 aromatic rings. The second kappa shape index (κ2) is 6.57.